The fraction of sp³-hybridized carbons (Fsp3) is 0.385. The van der Waals surface area contributed by atoms with E-state index in [1.807, 2.05) is 25.1 Å². The minimum atomic E-state index is 0.555. The average molecular weight is 244 g/mol. The van der Waals surface area contributed by atoms with Gasteiger partial charge in [-0.05, 0) is 18.6 Å². The molecule has 0 atom stereocenters. The lowest BCUT2D eigenvalue weighted by Gasteiger charge is -2.27. The average Bonchev–Trinajstić information content (AvgIpc) is 2.39. The van der Waals surface area contributed by atoms with Crippen LogP contribution >= 0.6 is 0 Å². The fourth-order valence-electron chi connectivity index (χ4n) is 2.28. The third-order valence-electron chi connectivity index (χ3n) is 3.24. The highest BCUT2D eigenvalue weighted by molar-refractivity contribution is 5.91. The largest absolute Gasteiger partial charge is 0.383 e. The van der Waals surface area contributed by atoms with Crippen LogP contribution in [0.1, 0.15) is 5.56 Å². The highest BCUT2D eigenvalue weighted by atomic mass is 16.5. The van der Waals surface area contributed by atoms with Gasteiger partial charge in [-0.1, -0.05) is 12.1 Å². The van der Waals surface area contributed by atoms with Crippen LogP contribution in [0.15, 0.2) is 18.2 Å². The van der Waals surface area contributed by atoms with E-state index in [4.69, 9.17) is 10.5 Å². The molecule has 18 heavy (non-hydrogen) atoms. The van der Waals surface area contributed by atoms with Crippen LogP contribution in [0.4, 0.5) is 11.8 Å². The monoisotopic (exact) mass is 244 g/mol. The molecule has 5 nitrogen and oxygen atoms in total. The molecular formula is C13H16N4O. The van der Waals surface area contributed by atoms with Crippen LogP contribution < -0.4 is 10.6 Å². The van der Waals surface area contributed by atoms with Crippen molar-refractivity contribution in [2.75, 3.05) is 36.9 Å². The molecule has 1 aromatic carbocycles. The summed E-state index contributed by atoms with van der Waals surface area (Å²) < 4.78 is 5.33. The molecule has 2 heterocycles. The Balaban J connectivity index is 2.09. The second kappa shape index (κ2) is 4.42. The zero-order chi connectivity index (χ0) is 12.5. The van der Waals surface area contributed by atoms with Crippen LogP contribution in [0.3, 0.4) is 0 Å². The van der Waals surface area contributed by atoms with E-state index in [9.17, 15) is 0 Å². The summed E-state index contributed by atoms with van der Waals surface area (Å²) in [5.41, 5.74) is 8.07. The number of hydrogen-bond acceptors (Lipinski definition) is 5. The van der Waals surface area contributed by atoms with Crippen LogP contribution in [0, 0.1) is 6.92 Å². The normalized spacial score (nSPS) is 16.2. The number of anilines is 2. The van der Waals surface area contributed by atoms with Gasteiger partial charge in [0.1, 0.15) is 5.82 Å². The maximum Gasteiger partial charge on any atom is 0.228 e. The first-order valence-electron chi connectivity index (χ1n) is 6.11. The van der Waals surface area contributed by atoms with Gasteiger partial charge in [0.2, 0.25) is 5.95 Å². The van der Waals surface area contributed by atoms with E-state index < -0.39 is 0 Å². The summed E-state index contributed by atoms with van der Waals surface area (Å²) >= 11 is 0. The summed E-state index contributed by atoms with van der Waals surface area (Å²) in [7, 11) is 0. The van der Waals surface area contributed by atoms with Crippen LogP contribution in [-0.4, -0.2) is 36.3 Å². The lowest BCUT2D eigenvalue weighted by Crippen LogP contribution is -2.37. The first kappa shape index (κ1) is 11.2. The first-order valence-corrected chi connectivity index (χ1v) is 6.11. The number of ether oxygens (including phenoxy) is 1. The number of nitrogens with zero attached hydrogens (tertiary/aromatic N) is 3. The number of rotatable bonds is 1. The Kier molecular flexibility index (Phi) is 2.76. The van der Waals surface area contributed by atoms with E-state index in [1.54, 1.807) is 0 Å². The summed E-state index contributed by atoms with van der Waals surface area (Å²) in [6, 6.07) is 5.99. The van der Waals surface area contributed by atoms with Crippen LogP contribution in [0.25, 0.3) is 10.9 Å². The highest BCUT2D eigenvalue weighted by Crippen LogP contribution is 2.24. The predicted octanol–water partition coefficient (Wildman–Crippen LogP) is 1.36. The van der Waals surface area contributed by atoms with Gasteiger partial charge < -0.3 is 15.4 Å². The number of hydrogen-bond donors (Lipinski definition) is 1. The smallest absolute Gasteiger partial charge is 0.228 e. The third-order valence-corrected chi connectivity index (χ3v) is 3.24. The molecule has 0 radical (unpaired) electrons. The van der Waals surface area contributed by atoms with Gasteiger partial charge in [-0.2, -0.15) is 4.98 Å². The molecule has 0 spiro atoms. The number of aromatic nitrogens is 2. The Hall–Kier alpha value is -1.88. The van der Waals surface area contributed by atoms with Crippen LogP contribution in [-0.2, 0) is 4.74 Å². The van der Waals surface area contributed by atoms with Gasteiger partial charge in [0, 0.05) is 18.5 Å². The van der Waals surface area contributed by atoms with E-state index in [0.29, 0.717) is 11.8 Å². The van der Waals surface area contributed by atoms with Crippen molar-refractivity contribution < 1.29 is 4.74 Å². The first-order chi connectivity index (χ1) is 8.75. The van der Waals surface area contributed by atoms with Crippen molar-refractivity contribution in [3.8, 4) is 0 Å². The second-order valence-corrected chi connectivity index (χ2v) is 4.48. The van der Waals surface area contributed by atoms with Gasteiger partial charge >= 0.3 is 0 Å². The van der Waals surface area contributed by atoms with Crippen molar-refractivity contribution in [1.29, 1.82) is 0 Å². The van der Waals surface area contributed by atoms with E-state index in [2.05, 4.69) is 14.9 Å². The van der Waals surface area contributed by atoms with Gasteiger partial charge in [-0.3, -0.25) is 0 Å². The van der Waals surface area contributed by atoms with Gasteiger partial charge in [0.05, 0.1) is 18.7 Å². The molecule has 0 bridgehead atoms. The second-order valence-electron chi connectivity index (χ2n) is 4.48. The Bertz CT molecular complexity index is 578. The minimum absolute atomic E-state index is 0.555. The quantitative estimate of drug-likeness (QED) is 0.820. The third kappa shape index (κ3) is 1.86. The van der Waals surface area contributed by atoms with Crippen molar-refractivity contribution in [1.82, 2.24) is 9.97 Å². The Labute approximate surface area is 106 Å². The molecule has 1 fully saturated rings. The molecule has 3 rings (SSSR count). The minimum Gasteiger partial charge on any atom is -0.383 e. The molecule has 1 aliphatic heterocycles. The molecule has 0 unspecified atom stereocenters. The van der Waals surface area contributed by atoms with E-state index in [1.165, 1.54) is 0 Å². The number of benzene rings is 1. The SMILES string of the molecule is Cc1cccc2nc(N3CCOCC3)nc(N)c12. The van der Waals surface area contributed by atoms with E-state index >= 15 is 0 Å². The topological polar surface area (TPSA) is 64.3 Å². The molecule has 0 aliphatic carbocycles. The summed E-state index contributed by atoms with van der Waals surface area (Å²) in [5, 5.41) is 0.953. The number of aryl methyl sites for hydroxylation is 1. The van der Waals surface area contributed by atoms with Gasteiger partial charge in [-0.25, -0.2) is 4.98 Å². The van der Waals surface area contributed by atoms with E-state index in [-0.39, 0.29) is 0 Å². The lowest BCUT2D eigenvalue weighted by atomic mass is 10.1. The zero-order valence-electron chi connectivity index (χ0n) is 10.4. The number of fused-ring (bicyclic) bond motifs is 1. The fourth-order valence-corrected chi connectivity index (χ4v) is 2.28. The van der Waals surface area contributed by atoms with Crippen LogP contribution in [0.2, 0.25) is 0 Å². The molecule has 1 aromatic heterocycles. The lowest BCUT2D eigenvalue weighted by molar-refractivity contribution is 0.122. The Morgan fingerprint density at radius 3 is 2.78 bits per heavy atom. The molecule has 5 heteroatoms. The predicted molar refractivity (Wildman–Crippen MR) is 71.7 cm³/mol. The molecule has 94 valence electrons. The standard InChI is InChI=1S/C13H16N4O/c1-9-3-2-4-10-11(9)12(14)16-13(15-10)17-5-7-18-8-6-17/h2-4H,5-8H2,1H3,(H2,14,15,16). The summed E-state index contributed by atoms with van der Waals surface area (Å²) in [4.78, 5) is 11.1. The maximum atomic E-state index is 6.06. The van der Waals surface area contributed by atoms with E-state index in [0.717, 1.165) is 42.8 Å². The molecule has 1 aliphatic rings. The van der Waals surface area contributed by atoms with Crippen molar-refractivity contribution in [2.45, 2.75) is 6.92 Å². The van der Waals surface area contributed by atoms with Crippen molar-refractivity contribution in [2.24, 2.45) is 0 Å². The zero-order valence-corrected chi connectivity index (χ0v) is 10.4. The van der Waals surface area contributed by atoms with Gasteiger partial charge in [-0.15, -0.1) is 0 Å². The van der Waals surface area contributed by atoms with Crippen LogP contribution in [0.5, 0.6) is 0 Å². The van der Waals surface area contributed by atoms with Gasteiger partial charge in [0.15, 0.2) is 0 Å². The molecule has 2 N–H and O–H groups in total. The number of nitrogens with two attached hydrogens (primary N) is 1. The van der Waals surface area contributed by atoms with Crippen molar-refractivity contribution >= 4 is 22.7 Å². The molecule has 0 saturated carbocycles. The molecule has 0 amide bonds. The summed E-state index contributed by atoms with van der Waals surface area (Å²) in [5.74, 6) is 1.26. The molecular weight excluding hydrogens is 228 g/mol. The van der Waals surface area contributed by atoms with Crippen molar-refractivity contribution in [3.05, 3.63) is 23.8 Å². The molecule has 2 aromatic rings. The summed E-state index contributed by atoms with van der Waals surface area (Å²) in [6.07, 6.45) is 0. The Morgan fingerprint density at radius 1 is 1.22 bits per heavy atom. The van der Waals surface area contributed by atoms with Crippen molar-refractivity contribution in [3.63, 3.8) is 0 Å². The number of nitrogen functional groups attached to an aromatic ring is 1. The summed E-state index contributed by atoms with van der Waals surface area (Å²) in [6.45, 7) is 5.09. The highest BCUT2D eigenvalue weighted by Gasteiger charge is 2.16. The molecule has 1 saturated heterocycles. The maximum absolute atomic E-state index is 6.06. The number of morpholine rings is 1. The Morgan fingerprint density at radius 2 is 2.00 bits per heavy atom. The van der Waals surface area contributed by atoms with Gasteiger partial charge in [0.25, 0.3) is 0 Å².